The van der Waals surface area contributed by atoms with E-state index in [1.54, 1.807) is 0 Å². The summed E-state index contributed by atoms with van der Waals surface area (Å²) in [6.07, 6.45) is 5.47. The zero-order valence-electron chi connectivity index (χ0n) is 16.7. The van der Waals surface area contributed by atoms with Crippen LogP contribution in [-0.4, -0.2) is 16.1 Å². The Balaban J connectivity index is 1.38. The first-order chi connectivity index (χ1) is 14.7. The van der Waals surface area contributed by atoms with E-state index in [0.717, 1.165) is 34.8 Å². The number of nitrogens with two attached hydrogens (primary N) is 1. The summed E-state index contributed by atoms with van der Waals surface area (Å²) in [5.74, 6) is 3.45. The highest BCUT2D eigenvalue weighted by Crippen LogP contribution is 2.64. The molecule has 0 radical (unpaired) electrons. The number of aromatic amines is 1. The van der Waals surface area contributed by atoms with Crippen LogP contribution in [-0.2, 0) is 11.2 Å². The van der Waals surface area contributed by atoms with Crippen molar-refractivity contribution in [2.75, 3.05) is 16.4 Å². The third-order valence-electron chi connectivity index (χ3n) is 8.18. The first-order valence-corrected chi connectivity index (χ1v) is 11.1. The Morgan fingerprint density at radius 3 is 2.87 bits per heavy atom. The minimum Gasteiger partial charge on any atom is -0.382 e. The number of nitrogens with one attached hydrogen (secondary N) is 3. The van der Waals surface area contributed by atoms with Gasteiger partial charge in [0.25, 0.3) is 0 Å². The van der Waals surface area contributed by atoms with E-state index >= 15 is 0 Å². The molecule has 1 aromatic heterocycles. The van der Waals surface area contributed by atoms with Crippen molar-refractivity contribution in [1.29, 1.82) is 0 Å². The lowest BCUT2D eigenvalue weighted by atomic mass is 9.67. The van der Waals surface area contributed by atoms with E-state index in [1.165, 1.54) is 41.6 Å². The van der Waals surface area contributed by atoms with Crippen LogP contribution in [0.15, 0.2) is 30.3 Å². The molecule has 2 aliphatic carbocycles. The lowest BCUT2D eigenvalue weighted by Crippen LogP contribution is -2.36. The zero-order valence-corrected chi connectivity index (χ0v) is 16.7. The Labute approximate surface area is 174 Å². The van der Waals surface area contributed by atoms with Crippen molar-refractivity contribution in [3.8, 4) is 0 Å². The van der Waals surface area contributed by atoms with Gasteiger partial charge in [0, 0.05) is 23.2 Å². The number of hydrogen-bond donors (Lipinski definition) is 4. The third kappa shape index (κ3) is 2.19. The number of anilines is 3. The van der Waals surface area contributed by atoms with Gasteiger partial charge in [0.2, 0.25) is 5.91 Å². The Morgan fingerprint density at radius 1 is 1.03 bits per heavy atom. The highest BCUT2D eigenvalue weighted by Gasteiger charge is 2.54. The summed E-state index contributed by atoms with van der Waals surface area (Å²) in [6.45, 7) is 0. The SMILES string of the molecule is Nc1n[nH]c2ccc([C@@H]3Nc4cc5c(cc4[C@H]4[C@@H]6CC[C@@H](C6)[C@H]43)CCC(=O)N5)cc12. The number of carbonyl (C=O) groups excluding carboxylic acids is 1. The van der Waals surface area contributed by atoms with Gasteiger partial charge in [-0.1, -0.05) is 12.1 Å². The van der Waals surface area contributed by atoms with E-state index in [9.17, 15) is 4.79 Å². The second kappa shape index (κ2) is 5.78. The average molecular weight is 399 g/mol. The van der Waals surface area contributed by atoms with E-state index in [1.807, 2.05) is 0 Å². The van der Waals surface area contributed by atoms with Crippen LogP contribution in [0, 0.1) is 17.8 Å². The maximum absolute atomic E-state index is 11.9. The standard InChI is InChI=1S/C24H25N5O/c25-24-16-9-14(3-5-17(16)28-29-24)23-22-13-2-1-12(7-13)21(22)15-8-11-4-6-20(30)26-18(11)10-19(15)27-23/h3,5,8-10,12-13,21-23,27H,1-2,4,6-7H2,(H,26,30)(H3,25,28,29)/t12-,13+,21-,22-,23+/m1/s1. The maximum Gasteiger partial charge on any atom is 0.224 e. The number of aromatic nitrogens is 2. The zero-order chi connectivity index (χ0) is 20.0. The Bertz CT molecular complexity index is 1210. The molecule has 4 aliphatic rings. The van der Waals surface area contributed by atoms with Gasteiger partial charge in [-0.3, -0.25) is 9.89 Å². The van der Waals surface area contributed by atoms with E-state index < -0.39 is 0 Å². The molecule has 0 saturated heterocycles. The lowest BCUT2D eigenvalue weighted by molar-refractivity contribution is -0.116. The van der Waals surface area contributed by atoms with E-state index in [0.29, 0.717) is 24.1 Å². The summed E-state index contributed by atoms with van der Waals surface area (Å²) in [6, 6.07) is 11.4. The van der Waals surface area contributed by atoms with Crippen molar-refractivity contribution in [1.82, 2.24) is 10.2 Å². The van der Waals surface area contributed by atoms with E-state index in [4.69, 9.17) is 5.73 Å². The predicted octanol–water partition coefficient (Wildman–Crippen LogP) is 4.33. The first-order valence-electron chi connectivity index (χ1n) is 11.1. The number of benzene rings is 2. The number of amides is 1. The number of hydrogen-bond acceptors (Lipinski definition) is 4. The lowest BCUT2D eigenvalue weighted by Gasteiger charge is -2.44. The second-order valence-electron chi connectivity index (χ2n) is 9.62. The molecule has 3 heterocycles. The minimum atomic E-state index is 0.119. The molecule has 2 fully saturated rings. The van der Waals surface area contributed by atoms with Crippen LogP contribution >= 0.6 is 0 Å². The quantitative estimate of drug-likeness (QED) is 0.490. The largest absolute Gasteiger partial charge is 0.382 e. The van der Waals surface area contributed by atoms with E-state index in [-0.39, 0.29) is 11.9 Å². The van der Waals surface area contributed by atoms with Crippen LogP contribution in [0.2, 0.25) is 0 Å². The number of fused-ring (bicyclic) bond motifs is 9. The summed E-state index contributed by atoms with van der Waals surface area (Å²) < 4.78 is 0. The molecule has 152 valence electrons. The fourth-order valence-electron chi connectivity index (χ4n) is 6.94. The predicted molar refractivity (Wildman–Crippen MR) is 117 cm³/mol. The third-order valence-corrected chi connectivity index (χ3v) is 8.18. The van der Waals surface area contributed by atoms with Crippen LogP contribution in [0.1, 0.15) is 54.3 Å². The van der Waals surface area contributed by atoms with Gasteiger partial charge in [0.1, 0.15) is 0 Å². The normalized spacial score (nSPS) is 31.1. The summed E-state index contributed by atoms with van der Waals surface area (Å²) in [4.78, 5) is 11.9. The smallest absolute Gasteiger partial charge is 0.224 e. The van der Waals surface area contributed by atoms with Crippen molar-refractivity contribution >= 4 is 34.0 Å². The number of rotatable bonds is 1. The van der Waals surface area contributed by atoms with E-state index in [2.05, 4.69) is 51.2 Å². The molecular formula is C24H25N5O. The summed E-state index contributed by atoms with van der Waals surface area (Å²) in [7, 11) is 0. The summed E-state index contributed by atoms with van der Waals surface area (Å²) in [5, 5.41) is 15.1. The van der Waals surface area contributed by atoms with Gasteiger partial charge in [-0.15, -0.1) is 0 Å². The number of carbonyl (C=O) groups is 1. The molecule has 2 saturated carbocycles. The molecule has 6 heteroatoms. The average Bonchev–Trinajstić information content (AvgIpc) is 3.47. The molecule has 2 aliphatic heterocycles. The molecule has 30 heavy (non-hydrogen) atoms. The fraction of sp³-hybridized carbons (Fsp3) is 0.417. The Morgan fingerprint density at radius 2 is 1.93 bits per heavy atom. The van der Waals surface area contributed by atoms with Gasteiger partial charge >= 0.3 is 0 Å². The van der Waals surface area contributed by atoms with Gasteiger partial charge in [-0.2, -0.15) is 5.10 Å². The highest BCUT2D eigenvalue weighted by molar-refractivity contribution is 5.95. The van der Waals surface area contributed by atoms with Crippen molar-refractivity contribution in [3.63, 3.8) is 0 Å². The molecule has 3 aromatic rings. The van der Waals surface area contributed by atoms with Crippen molar-refractivity contribution < 1.29 is 4.79 Å². The number of H-pyrrole nitrogens is 1. The van der Waals surface area contributed by atoms with Crippen molar-refractivity contribution in [2.24, 2.45) is 17.8 Å². The molecule has 2 aromatic carbocycles. The first kappa shape index (κ1) is 16.7. The molecule has 0 unspecified atom stereocenters. The van der Waals surface area contributed by atoms with Crippen LogP contribution in [0.3, 0.4) is 0 Å². The van der Waals surface area contributed by atoms with Gasteiger partial charge < -0.3 is 16.4 Å². The fourth-order valence-corrected chi connectivity index (χ4v) is 6.94. The number of nitrogens with zero attached hydrogens (tertiary/aromatic N) is 1. The highest BCUT2D eigenvalue weighted by atomic mass is 16.1. The van der Waals surface area contributed by atoms with Gasteiger partial charge in [-0.05, 0) is 84.2 Å². The monoisotopic (exact) mass is 399 g/mol. The Kier molecular flexibility index (Phi) is 3.22. The van der Waals surface area contributed by atoms with Gasteiger partial charge in [-0.25, -0.2) is 0 Å². The van der Waals surface area contributed by atoms with Crippen LogP contribution in [0.25, 0.3) is 10.9 Å². The number of aryl methyl sites for hydroxylation is 1. The molecule has 6 nitrogen and oxygen atoms in total. The molecule has 7 rings (SSSR count). The van der Waals surface area contributed by atoms with Crippen LogP contribution in [0.5, 0.6) is 0 Å². The Hall–Kier alpha value is -3.02. The maximum atomic E-state index is 11.9. The molecular weight excluding hydrogens is 374 g/mol. The molecule has 1 amide bonds. The molecule has 5 atom stereocenters. The summed E-state index contributed by atoms with van der Waals surface area (Å²) >= 11 is 0. The topological polar surface area (TPSA) is 95.8 Å². The number of nitrogen functional groups attached to an aromatic ring is 1. The van der Waals surface area contributed by atoms with Crippen molar-refractivity contribution in [3.05, 3.63) is 47.0 Å². The van der Waals surface area contributed by atoms with Gasteiger partial charge in [0.05, 0.1) is 11.6 Å². The molecule has 5 N–H and O–H groups in total. The minimum absolute atomic E-state index is 0.119. The second-order valence-corrected chi connectivity index (χ2v) is 9.62. The molecule has 0 spiro atoms. The van der Waals surface area contributed by atoms with Crippen molar-refractivity contribution in [2.45, 2.75) is 44.1 Å². The van der Waals surface area contributed by atoms with Crippen LogP contribution < -0.4 is 16.4 Å². The molecule has 2 bridgehead atoms. The van der Waals surface area contributed by atoms with Gasteiger partial charge in [0.15, 0.2) is 5.82 Å². The van der Waals surface area contributed by atoms with Crippen LogP contribution in [0.4, 0.5) is 17.2 Å². The summed E-state index contributed by atoms with van der Waals surface area (Å²) in [5.41, 5.74) is 13.3.